The molecule has 1 atom stereocenters. The van der Waals surface area contributed by atoms with Crippen LogP contribution in [-0.4, -0.2) is 4.69 Å². The van der Waals surface area contributed by atoms with Gasteiger partial charge in [-0.1, -0.05) is 26.7 Å². The number of hydrogen-bond acceptors (Lipinski definition) is 1. The zero-order chi connectivity index (χ0) is 7.98. The van der Waals surface area contributed by atoms with Crippen molar-refractivity contribution in [1.82, 2.24) is 0 Å². The summed E-state index contributed by atoms with van der Waals surface area (Å²) in [5, 5.41) is 0. The molecule has 0 N–H and O–H groups in total. The van der Waals surface area contributed by atoms with Gasteiger partial charge in [0, 0.05) is 6.42 Å². The Labute approximate surface area is 71.3 Å². The second-order valence-corrected chi connectivity index (χ2v) is 3.67. The molecule has 0 fully saturated rings. The van der Waals surface area contributed by atoms with Crippen LogP contribution in [0.1, 0.15) is 39.5 Å². The van der Waals surface area contributed by atoms with Crippen LogP contribution in [0.5, 0.6) is 0 Å². The first-order valence-electron chi connectivity index (χ1n) is 3.85. The Balaban J connectivity index is 3.21. The van der Waals surface area contributed by atoms with Gasteiger partial charge in [-0.3, -0.25) is 4.79 Å². The lowest BCUT2D eigenvalue weighted by atomic mass is 10.0. The molecule has 0 saturated heterocycles. The fourth-order valence-electron chi connectivity index (χ4n) is 0.997. The van der Waals surface area contributed by atoms with E-state index in [1.54, 1.807) is 0 Å². The number of rotatable bonds is 5. The summed E-state index contributed by atoms with van der Waals surface area (Å²) in [6, 6.07) is 0. The van der Waals surface area contributed by atoms with Crippen LogP contribution in [0.2, 0.25) is 0 Å². The molecular formula is C8H15BrO. The molecule has 0 spiro atoms. The Bertz CT molecular complexity index is 101. The topological polar surface area (TPSA) is 17.1 Å². The fourth-order valence-corrected chi connectivity index (χ4v) is 1.23. The number of carbonyl (C=O) groups is 1. The standard InChI is InChI=1S/C8H15BrO/c1-3-4-7(2)5-6-8(9)10/h7H,3-6H2,1-2H3. The molecule has 1 unspecified atom stereocenters. The molecule has 0 heterocycles. The van der Waals surface area contributed by atoms with Crippen LogP contribution in [0, 0.1) is 5.92 Å². The number of halogens is 1. The zero-order valence-corrected chi connectivity index (χ0v) is 8.28. The van der Waals surface area contributed by atoms with Gasteiger partial charge in [-0.05, 0) is 28.3 Å². The Kier molecular flexibility index (Phi) is 5.99. The van der Waals surface area contributed by atoms with Gasteiger partial charge in [0.25, 0.3) is 0 Å². The van der Waals surface area contributed by atoms with Gasteiger partial charge < -0.3 is 0 Å². The lowest BCUT2D eigenvalue weighted by Crippen LogP contribution is -1.96. The summed E-state index contributed by atoms with van der Waals surface area (Å²) in [5.74, 6) is 0.700. The normalized spacial score (nSPS) is 13.1. The van der Waals surface area contributed by atoms with Crippen molar-refractivity contribution in [3.8, 4) is 0 Å². The SMILES string of the molecule is CCCC(C)CCC(=O)Br. The molecule has 0 aliphatic rings. The van der Waals surface area contributed by atoms with E-state index in [2.05, 4.69) is 29.8 Å². The lowest BCUT2D eigenvalue weighted by Gasteiger charge is -2.06. The van der Waals surface area contributed by atoms with Gasteiger partial charge in [0.05, 0.1) is 0 Å². The number of hydrogen-bond donors (Lipinski definition) is 0. The minimum atomic E-state index is 0.135. The predicted octanol–water partition coefficient (Wildman–Crippen LogP) is 3.12. The maximum Gasteiger partial charge on any atom is 0.197 e. The van der Waals surface area contributed by atoms with Crippen LogP contribution in [-0.2, 0) is 4.79 Å². The third-order valence-electron chi connectivity index (χ3n) is 1.62. The lowest BCUT2D eigenvalue weighted by molar-refractivity contribution is -0.110. The first-order valence-corrected chi connectivity index (χ1v) is 4.64. The van der Waals surface area contributed by atoms with E-state index in [1.165, 1.54) is 12.8 Å². The first kappa shape index (κ1) is 10.2. The van der Waals surface area contributed by atoms with Crippen LogP contribution < -0.4 is 0 Å². The van der Waals surface area contributed by atoms with E-state index >= 15 is 0 Å². The summed E-state index contributed by atoms with van der Waals surface area (Å²) >= 11 is 2.92. The summed E-state index contributed by atoms with van der Waals surface area (Å²) in [7, 11) is 0. The Hall–Kier alpha value is 0.150. The van der Waals surface area contributed by atoms with E-state index in [0.717, 1.165) is 6.42 Å². The summed E-state index contributed by atoms with van der Waals surface area (Å²) in [6.45, 7) is 4.37. The van der Waals surface area contributed by atoms with Crippen molar-refractivity contribution in [3.05, 3.63) is 0 Å². The molecule has 0 radical (unpaired) electrons. The largest absolute Gasteiger partial charge is 0.287 e. The molecule has 0 aromatic rings. The van der Waals surface area contributed by atoms with E-state index in [9.17, 15) is 4.79 Å². The molecule has 0 amide bonds. The van der Waals surface area contributed by atoms with Crippen molar-refractivity contribution < 1.29 is 4.79 Å². The van der Waals surface area contributed by atoms with Crippen molar-refractivity contribution in [2.24, 2.45) is 5.92 Å². The summed E-state index contributed by atoms with van der Waals surface area (Å²) in [4.78, 5) is 10.5. The highest BCUT2D eigenvalue weighted by Gasteiger charge is 2.02. The molecule has 0 aromatic carbocycles. The summed E-state index contributed by atoms with van der Waals surface area (Å²) in [6.07, 6.45) is 4.16. The third-order valence-corrected chi connectivity index (χ3v) is 2.01. The molecule has 0 rings (SSSR count). The molecule has 0 bridgehead atoms. The highest BCUT2D eigenvalue weighted by molar-refractivity contribution is 9.18. The highest BCUT2D eigenvalue weighted by Crippen LogP contribution is 2.13. The van der Waals surface area contributed by atoms with Crippen LogP contribution in [0.25, 0.3) is 0 Å². The minimum Gasteiger partial charge on any atom is -0.287 e. The molecule has 2 heteroatoms. The van der Waals surface area contributed by atoms with E-state index in [1.807, 2.05) is 0 Å². The third kappa shape index (κ3) is 6.27. The molecule has 0 aliphatic carbocycles. The maximum absolute atomic E-state index is 10.5. The average Bonchev–Trinajstić information content (AvgIpc) is 1.85. The monoisotopic (exact) mass is 206 g/mol. The van der Waals surface area contributed by atoms with Gasteiger partial charge in [0.2, 0.25) is 0 Å². The summed E-state index contributed by atoms with van der Waals surface area (Å²) in [5.41, 5.74) is 0. The molecular weight excluding hydrogens is 192 g/mol. The highest BCUT2D eigenvalue weighted by atomic mass is 79.9. The van der Waals surface area contributed by atoms with Crippen molar-refractivity contribution in [2.45, 2.75) is 39.5 Å². The predicted molar refractivity (Wildman–Crippen MR) is 47.2 cm³/mol. The fraction of sp³-hybridized carbons (Fsp3) is 0.875. The van der Waals surface area contributed by atoms with Gasteiger partial charge in [-0.25, -0.2) is 0 Å². The first-order chi connectivity index (χ1) is 4.66. The molecule has 0 aliphatic heterocycles. The van der Waals surface area contributed by atoms with Crippen molar-refractivity contribution in [3.63, 3.8) is 0 Å². The second-order valence-electron chi connectivity index (χ2n) is 2.79. The van der Waals surface area contributed by atoms with Gasteiger partial charge in [-0.15, -0.1) is 0 Å². The van der Waals surface area contributed by atoms with Crippen molar-refractivity contribution in [2.75, 3.05) is 0 Å². The molecule has 1 nitrogen and oxygen atoms in total. The van der Waals surface area contributed by atoms with Crippen molar-refractivity contribution >= 4 is 20.6 Å². The summed E-state index contributed by atoms with van der Waals surface area (Å²) < 4.78 is 0.135. The smallest absolute Gasteiger partial charge is 0.197 e. The van der Waals surface area contributed by atoms with Crippen LogP contribution in [0.3, 0.4) is 0 Å². The van der Waals surface area contributed by atoms with Crippen molar-refractivity contribution in [1.29, 1.82) is 0 Å². The van der Waals surface area contributed by atoms with E-state index < -0.39 is 0 Å². The maximum atomic E-state index is 10.5. The Morgan fingerprint density at radius 3 is 2.50 bits per heavy atom. The molecule has 0 aromatic heterocycles. The Morgan fingerprint density at radius 1 is 1.50 bits per heavy atom. The van der Waals surface area contributed by atoms with Crippen LogP contribution in [0.15, 0.2) is 0 Å². The Morgan fingerprint density at radius 2 is 2.10 bits per heavy atom. The van der Waals surface area contributed by atoms with Gasteiger partial charge in [0.15, 0.2) is 4.69 Å². The average molecular weight is 207 g/mol. The molecule has 10 heavy (non-hydrogen) atoms. The van der Waals surface area contributed by atoms with Crippen LogP contribution in [0.4, 0.5) is 0 Å². The minimum absolute atomic E-state index is 0.135. The van der Waals surface area contributed by atoms with E-state index in [4.69, 9.17) is 0 Å². The van der Waals surface area contributed by atoms with Gasteiger partial charge >= 0.3 is 0 Å². The van der Waals surface area contributed by atoms with E-state index in [-0.39, 0.29) is 4.69 Å². The molecule has 60 valence electrons. The second kappa shape index (κ2) is 5.90. The van der Waals surface area contributed by atoms with Gasteiger partial charge in [-0.2, -0.15) is 0 Å². The number of carbonyl (C=O) groups excluding carboxylic acids is 1. The zero-order valence-electron chi connectivity index (χ0n) is 6.69. The van der Waals surface area contributed by atoms with E-state index in [0.29, 0.717) is 12.3 Å². The molecule has 0 saturated carbocycles. The van der Waals surface area contributed by atoms with Gasteiger partial charge in [0.1, 0.15) is 0 Å². The van der Waals surface area contributed by atoms with Crippen LogP contribution >= 0.6 is 15.9 Å². The quantitative estimate of drug-likeness (QED) is 0.633.